The second-order valence-corrected chi connectivity index (χ2v) is 7.98. The Balaban J connectivity index is 1.97. The zero-order chi connectivity index (χ0) is 23.4. The molecule has 1 saturated heterocycles. The fraction of sp³-hybridized carbons (Fsp3) is 0.182. The lowest BCUT2D eigenvalue weighted by Crippen LogP contribution is -2.54. The first-order chi connectivity index (χ1) is 15.2. The number of amides is 2. The van der Waals surface area contributed by atoms with Crippen molar-refractivity contribution < 1.29 is 29.0 Å². The van der Waals surface area contributed by atoms with Crippen molar-refractivity contribution in [2.75, 3.05) is 11.5 Å². The van der Waals surface area contributed by atoms with Crippen LogP contribution in [0.15, 0.2) is 52.5 Å². The Kier molecular flexibility index (Phi) is 7.26. The van der Waals surface area contributed by atoms with Gasteiger partial charge in [0.2, 0.25) is 0 Å². The van der Waals surface area contributed by atoms with Gasteiger partial charge in [0.1, 0.15) is 5.57 Å². The van der Waals surface area contributed by atoms with E-state index >= 15 is 0 Å². The number of benzene rings is 2. The Morgan fingerprint density at radius 2 is 2.00 bits per heavy atom. The minimum Gasteiger partial charge on any atom is -0.490 e. The van der Waals surface area contributed by atoms with E-state index in [9.17, 15) is 14.4 Å². The lowest BCUT2D eigenvalue weighted by atomic mass is 10.1. The van der Waals surface area contributed by atoms with Crippen LogP contribution in [0, 0.1) is 0 Å². The van der Waals surface area contributed by atoms with Crippen molar-refractivity contribution >= 4 is 62.8 Å². The first-order valence-electron chi connectivity index (χ1n) is 9.54. The average molecular weight is 519 g/mol. The molecule has 0 spiro atoms. The predicted molar refractivity (Wildman–Crippen MR) is 126 cm³/mol. The van der Waals surface area contributed by atoms with Crippen LogP contribution in [0.4, 0.5) is 5.69 Å². The molecular formula is C22H19BrN2O6S. The van der Waals surface area contributed by atoms with E-state index in [4.69, 9.17) is 26.8 Å². The standard InChI is InChI=1S/C22H19BrN2O6S/c1-3-30-18-10-13(7-8-17(18)31-12(2)21(28)29)9-16-19(26)24-22(32)25(20(16)27)15-6-4-5-14(23)11-15/h4-12H,3H2,1-2H3,(H,28,29)(H,24,26,32)/b16-9+/t12-/m0/s1. The quantitative estimate of drug-likeness (QED) is 0.328. The molecule has 2 N–H and O–H groups in total. The van der Waals surface area contributed by atoms with Gasteiger partial charge in [-0.3, -0.25) is 19.8 Å². The number of thiocarbonyl (C=S) groups is 1. The zero-order valence-electron chi connectivity index (χ0n) is 17.1. The molecule has 0 aliphatic carbocycles. The van der Waals surface area contributed by atoms with Gasteiger partial charge in [-0.15, -0.1) is 0 Å². The number of hydrogen-bond acceptors (Lipinski definition) is 6. The van der Waals surface area contributed by atoms with E-state index in [1.54, 1.807) is 43.3 Å². The number of nitrogens with one attached hydrogen (secondary N) is 1. The first-order valence-corrected chi connectivity index (χ1v) is 10.7. The number of nitrogens with zero attached hydrogens (tertiary/aromatic N) is 1. The molecule has 8 nitrogen and oxygen atoms in total. The van der Waals surface area contributed by atoms with E-state index < -0.39 is 23.9 Å². The van der Waals surface area contributed by atoms with Crippen molar-refractivity contribution in [3.05, 3.63) is 58.1 Å². The highest BCUT2D eigenvalue weighted by Crippen LogP contribution is 2.31. The number of anilines is 1. The Hall–Kier alpha value is -3.24. The van der Waals surface area contributed by atoms with Crippen LogP contribution in [-0.4, -0.2) is 40.7 Å². The van der Waals surface area contributed by atoms with Gasteiger partial charge in [-0.1, -0.05) is 28.1 Å². The van der Waals surface area contributed by atoms with Crippen molar-refractivity contribution in [3.8, 4) is 11.5 Å². The fourth-order valence-corrected chi connectivity index (χ4v) is 3.56. The first kappa shape index (κ1) is 23.4. The molecular weight excluding hydrogens is 500 g/mol. The Bertz CT molecular complexity index is 1130. The maximum atomic E-state index is 13.1. The van der Waals surface area contributed by atoms with Gasteiger partial charge < -0.3 is 14.6 Å². The minimum absolute atomic E-state index is 0.0170. The van der Waals surface area contributed by atoms with Gasteiger partial charge in [0.15, 0.2) is 22.7 Å². The number of ether oxygens (including phenoxy) is 2. The number of carbonyl (C=O) groups excluding carboxylic acids is 2. The van der Waals surface area contributed by atoms with Gasteiger partial charge in [-0.25, -0.2) is 4.79 Å². The second kappa shape index (κ2) is 9.92. The molecule has 1 aliphatic rings. The van der Waals surface area contributed by atoms with E-state index in [2.05, 4.69) is 21.2 Å². The summed E-state index contributed by atoms with van der Waals surface area (Å²) >= 11 is 8.56. The maximum Gasteiger partial charge on any atom is 0.344 e. The van der Waals surface area contributed by atoms with Crippen molar-refractivity contribution in [2.45, 2.75) is 20.0 Å². The third-order valence-corrected chi connectivity index (χ3v) is 5.18. The number of rotatable bonds is 7. The summed E-state index contributed by atoms with van der Waals surface area (Å²) in [7, 11) is 0. The van der Waals surface area contributed by atoms with E-state index in [1.807, 2.05) is 0 Å². The van der Waals surface area contributed by atoms with Crippen molar-refractivity contribution in [3.63, 3.8) is 0 Å². The SMILES string of the molecule is CCOc1cc(/C=C2\C(=O)NC(=S)N(c3cccc(Br)c3)C2=O)ccc1O[C@@H](C)C(=O)O. The summed E-state index contributed by atoms with van der Waals surface area (Å²) in [4.78, 5) is 38.0. The van der Waals surface area contributed by atoms with E-state index in [0.29, 0.717) is 17.9 Å². The van der Waals surface area contributed by atoms with Crippen LogP contribution in [0.2, 0.25) is 0 Å². The molecule has 0 bridgehead atoms. The van der Waals surface area contributed by atoms with Crippen LogP contribution < -0.4 is 19.7 Å². The van der Waals surface area contributed by atoms with Crippen LogP contribution in [0.3, 0.4) is 0 Å². The van der Waals surface area contributed by atoms with Crippen LogP contribution in [0.1, 0.15) is 19.4 Å². The summed E-state index contributed by atoms with van der Waals surface area (Å²) in [6.07, 6.45) is 0.334. The molecule has 3 rings (SSSR count). The van der Waals surface area contributed by atoms with Crippen LogP contribution in [0.5, 0.6) is 11.5 Å². The second-order valence-electron chi connectivity index (χ2n) is 6.68. The van der Waals surface area contributed by atoms with E-state index in [0.717, 1.165) is 4.47 Å². The van der Waals surface area contributed by atoms with Gasteiger partial charge in [-0.2, -0.15) is 0 Å². The Labute approximate surface area is 197 Å². The van der Waals surface area contributed by atoms with E-state index in [-0.39, 0.29) is 22.2 Å². The predicted octanol–water partition coefficient (Wildman–Crippen LogP) is 3.53. The van der Waals surface area contributed by atoms with Crippen molar-refractivity contribution in [1.29, 1.82) is 0 Å². The highest BCUT2D eigenvalue weighted by Gasteiger charge is 2.34. The molecule has 0 radical (unpaired) electrons. The average Bonchev–Trinajstić information content (AvgIpc) is 2.73. The smallest absolute Gasteiger partial charge is 0.344 e. The molecule has 10 heteroatoms. The fourth-order valence-electron chi connectivity index (χ4n) is 2.89. The number of carbonyl (C=O) groups is 3. The maximum absolute atomic E-state index is 13.1. The largest absolute Gasteiger partial charge is 0.490 e. The molecule has 1 heterocycles. The minimum atomic E-state index is -1.12. The van der Waals surface area contributed by atoms with Crippen molar-refractivity contribution in [1.82, 2.24) is 5.32 Å². The normalized spacial score (nSPS) is 16.0. The van der Waals surface area contributed by atoms with Gasteiger partial charge in [0.25, 0.3) is 11.8 Å². The molecule has 1 fully saturated rings. The summed E-state index contributed by atoms with van der Waals surface area (Å²) in [5, 5.41) is 11.6. The number of hydrogen-bond donors (Lipinski definition) is 2. The monoisotopic (exact) mass is 518 g/mol. The lowest BCUT2D eigenvalue weighted by molar-refractivity contribution is -0.144. The van der Waals surface area contributed by atoms with Crippen LogP contribution >= 0.6 is 28.1 Å². The summed E-state index contributed by atoms with van der Waals surface area (Å²) in [5.41, 5.74) is 0.875. The summed E-state index contributed by atoms with van der Waals surface area (Å²) in [5.74, 6) is -1.79. The molecule has 0 aromatic heterocycles. The number of carboxylic acid groups (broad SMARTS) is 1. The van der Waals surface area contributed by atoms with Crippen LogP contribution in [-0.2, 0) is 14.4 Å². The highest BCUT2D eigenvalue weighted by molar-refractivity contribution is 9.10. The molecule has 166 valence electrons. The van der Waals surface area contributed by atoms with Crippen molar-refractivity contribution in [2.24, 2.45) is 0 Å². The van der Waals surface area contributed by atoms with Gasteiger partial charge >= 0.3 is 5.97 Å². The third-order valence-electron chi connectivity index (χ3n) is 4.40. The molecule has 32 heavy (non-hydrogen) atoms. The summed E-state index contributed by atoms with van der Waals surface area (Å²) < 4.78 is 11.7. The highest BCUT2D eigenvalue weighted by atomic mass is 79.9. The molecule has 0 unspecified atom stereocenters. The van der Waals surface area contributed by atoms with E-state index in [1.165, 1.54) is 24.0 Å². The molecule has 2 amide bonds. The van der Waals surface area contributed by atoms with Gasteiger partial charge in [-0.05, 0) is 68.0 Å². The number of aliphatic carboxylic acids is 1. The number of halogens is 1. The summed E-state index contributed by atoms with van der Waals surface area (Å²) in [6, 6.07) is 11.7. The van der Waals surface area contributed by atoms with Gasteiger partial charge in [0.05, 0.1) is 12.3 Å². The Morgan fingerprint density at radius 1 is 1.25 bits per heavy atom. The number of carboxylic acids is 1. The molecule has 1 aliphatic heterocycles. The van der Waals surface area contributed by atoms with Crippen LogP contribution in [0.25, 0.3) is 6.08 Å². The Morgan fingerprint density at radius 3 is 2.66 bits per heavy atom. The molecule has 2 aromatic carbocycles. The third kappa shape index (κ3) is 5.14. The molecule has 1 atom stereocenters. The summed E-state index contributed by atoms with van der Waals surface area (Å²) in [6.45, 7) is 3.48. The molecule has 2 aromatic rings. The topological polar surface area (TPSA) is 105 Å². The lowest BCUT2D eigenvalue weighted by Gasteiger charge is -2.29. The zero-order valence-corrected chi connectivity index (χ0v) is 19.5. The van der Waals surface area contributed by atoms with Gasteiger partial charge in [0, 0.05) is 4.47 Å². The molecule has 0 saturated carbocycles.